The Bertz CT molecular complexity index is 863. The van der Waals surface area contributed by atoms with Crippen molar-refractivity contribution < 1.29 is 14.4 Å². The summed E-state index contributed by atoms with van der Waals surface area (Å²) in [5, 5.41) is 5.85. The fourth-order valence-corrected chi connectivity index (χ4v) is 3.54. The van der Waals surface area contributed by atoms with Crippen LogP contribution >= 0.6 is 11.8 Å². The monoisotopic (exact) mass is 397 g/mol. The summed E-state index contributed by atoms with van der Waals surface area (Å²) in [5.41, 5.74) is 7.51. The van der Waals surface area contributed by atoms with Crippen molar-refractivity contribution in [1.82, 2.24) is 10.6 Å². The third-order valence-corrected chi connectivity index (χ3v) is 5.36. The molecule has 0 unspecified atom stereocenters. The number of primary amides is 1. The number of nitrogens with one attached hydrogen (secondary N) is 2. The van der Waals surface area contributed by atoms with Gasteiger partial charge in [-0.1, -0.05) is 36.4 Å². The molecule has 0 heterocycles. The van der Waals surface area contributed by atoms with Crippen molar-refractivity contribution in [2.75, 3.05) is 5.75 Å². The Hall–Kier alpha value is -2.80. The highest BCUT2D eigenvalue weighted by atomic mass is 32.2. The molecule has 0 atom stereocenters. The second-order valence-corrected chi connectivity index (χ2v) is 7.79. The van der Waals surface area contributed by atoms with E-state index in [1.54, 1.807) is 6.07 Å². The van der Waals surface area contributed by atoms with E-state index >= 15 is 0 Å². The van der Waals surface area contributed by atoms with Crippen molar-refractivity contribution in [3.05, 3.63) is 65.2 Å². The summed E-state index contributed by atoms with van der Waals surface area (Å²) in [6.45, 7) is 0.372. The molecule has 0 saturated heterocycles. The van der Waals surface area contributed by atoms with Crippen molar-refractivity contribution >= 4 is 29.5 Å². The van der Waals surface area contributed by atoms with Crippen LogP contribution in [0.4, 0.5) is 0 Å². The Morgan fingerprint density at radius 3 is 2.36 bits per heavy atom. The van der Waals surface area contributed by atoms with Crippen LogP contribution in [0.5, 0.6) is 0 Å². The molecule has 6 nitrogen and oxygen atoms in total. The first-order chi connectivity index (χ1) is 13.5. The topological polar surface area (TPSA) is 101 Å². The number of carbonyl (C=O) groups is 3. The van der Waals surface area contributed by atoms with E-state index in [-0.39, 0.29) is 24.1 Å². The number of benzene rings is 2. The maximum absolute atomic E-state index is 12.6. The van der Waals surface area contributed by atoms with E-state index in [1.165, 1.54) is 11.8 Å². The zero-order valence-corrected chi connectivity index (χ0v) is 16.3. The minimum Gasteiger partial charge on any atom is -0.369 e. The summed E-state index contributed by atoms with van der Waals surface area (Å²) in [4.78, 5) is 36.2. The summed E-state index contributed by atoms with van der Waals surface area (Å²) in [6, 6.07) is 15.0. The van der Waals surface area contributed by atoms with E-state index in [0.29, 0.717) is 23.9 Å². The molecule has 3 amide bonds. The molecule has 1 aliphatic rings. The average Bonchev–Trinajstić information content (AvgIpc) is 3.49. The molecule has 0 aliphatic heterocycles. The molecule has 4 N–H and O–H groups in total. The van der Waals surface area contributed by atoms with Crippen LogP contribution in [0, 0.1) is 0 Å². The number of hydrogen-bond acceptors (Lipinski definition) is 4. The third-order valence-electron chi connectivity index (χ3n) is 4.29. The minimum absolute atomic E-state index is 0.00115. The first-order valence-corrected chi connectivity index (χ1v) is 10.2. The lowest BCUT2D eigenvalue weighted by Gasteiger charge is -2.10. The molecule has 1 saturated carbocycles. The lowest BCUT2D eigenvalue weighted by Crippen LogP contribution is -2.27. The summed E-state index contributed by atoms with van der Waals surface area (Å²) >= 11 is 1.37. The fraction of sp³-hybridized carbons (Fsp3) is 0.286. The maximum Gasteiger partial charge on any atom is 0.252 e. The van der Waals surface area contributed by atoms with E-state index in [0.717, 1.165) is 28.9 Å². The number of nitrogens with two attached hydrogens (primary N) is 1. The van der Waals surface area contributed by atoms with E-state index in [4.69, 9.17) is 5.73 Å². The van der Waals surface area contributed by atoms with Crippen LogP contribution in [0.15, 0.2) is 53.4 Å². The van der Waals surface area contributed by atoms with Crippen LogP contribution in [-0.2, 0) is 22.6 Å². The molecule has 0 bridgehead atoms. The second kappa shape index (κ2) is 9.41. The number of hydrogen-bond donors (Lipinski definition) is 3. The summed E-state index contributed by atoms with van der Waals surface area (Å²) in [6.07, 6.45) is 2.31. The van der Waals surface area contributed by atoms with Crippen LogP contribution in [0.3, 0.4) is 0 Å². The van der Waals surface area contributed by atoms with E-state index in [9.17, 15) is 14.4 Å². The normalized spacial score (nSPS) is 13.0. The quantitative estimate of drug-likeness (QED) is 0.564. The molecule has 0 aromatic heterocycles. The van der Waals surface area contributed by atoms with Gasteiger partial charge in [-0.3, -0.25) is 14.4 Å². The molecule has 7 heteroatoms. The molecular formula is C21H23N3O3S. The van der Waals surface area contributed by atoms with Crippen LogP contribution in [-0.4, -0.2) is 29.5 Å². The molecule has 2 aromatic carbocycles. The van der Waals surface area contributed by atoms with Gasteiger partial charge in [0.1, 0.15) is 0 Å². The van der Waals surface area contributed by atoms with Crippen LogP contribution in [0.1, 0.15) is 34.3 Å². The van der Waals surface area contributed by atoms with Gasteiger partial charge in [-0.25, -0.2) is 0 Å². The molecule has 2 aromatic rings. The van der Waals surface area contributed by atoms with Crippen molar-refractivity contribution in [3.63, 3.8) is 0 Å². The first-order valence-electron chi connectivity index (χ1n) is 9.17. The molecule has 0 spiro atoms. The van der Waals surface area contributed by atoms with Gasteiger partial charge >= 0.3 is 0 Å². The summed E-state index contributed by atoms with van der Waals surface area (Å²) in [7, 11) is 0. The lowest BCUT2D eigenvalue weighted by molar-refractivity contribution is -0.119. The van der Waals surface area contributed by atoms with Gasteiger partial charge in [-0.2, -0.15) is 0 Å². The molecule has 146 valence electrons. The van der Waals surface area contributed by atoms with Crippen LogP contribution in [0.25, 0.3) is 0 Å². The Morgan fingerprint density at radius 2 is 1.68 bits per heavy atom. The molecule has 28 heavy (non-hydrogen) atoms. The van der Waals surface area contributed by atoms with Gasteiger partial charge in [0.05, 0.1) is 17.7 Å². The highest BCUT2D eigenvalue weighted by Gasteiger charge is 2.23. The highest BCUT2D eigenvalue weighted by Crippen LogP contribution is 2.24. The Morgan fingerprint density at radius 1 is 1.00 bits per heavy atom. The Balaban J connectivity index is 1.54. The fourth-order valence-electron chi connectivity index (χ4n) is 2.67. The Kier molecular flexibility index (Phi) is 6.71. The Labute approximate surface area is 168 Å². The van der Waals surface area contributed by atoms with Crippen molar-refractivity contribution in [3.8, 4) is 0 Å². The van der Waals surface area contributed by atoms with Crippen LogP contribution in [0.2, 0.25) is 0 Å². The van der Waals surface area contributed by atoms with Gasteiger partial charge in [0.15, 0.2) is 0 Å². The third kappa shape index (κ3) is 6.13. The molecule has 1 fully saturated rings. The van der Waals surface area contributed by atoms with Crippen molar-refractivity contribution in [2.45, 2.75) is 36.7 Å². The average molecular weight is 398 g/mol. The smallest absolute Gasteiger partial charge is 0.252 e. The predicted octanol–water partition coefficient (Wildman–Crippen LogP) is 2.02. The van der Waals surface area contributed by atoms with Gasteiger partial charge in [0, 0.05) is 17.5 Å². The van der Waals surface area contributed by atoms with E-state index in [2.05, 4.69) is 10.6 Å². The zero-order valence-electron chi connectivity index (χ0n) is 15.4. The number of thioether (sulfide) groups is 1. The molecule has 1 aliphatic carbocycles. The first kappa shape index (κ1) is 19.9. The lowest BCUT2D eigenvalue weighted by atomic mass is 10.1. The standard InChI is InChI=1S/C21H23N3O3S/c22-19(25)11-14-5-7-15(8-6-14)12-23-21(27)17-3-1-2-4-18(17)28-13-20(26)24-16-9-10-16/h1-8,16H,9-13H2,(H2,22,25)(H,23,27)(H,24,26). The van der Waals surface area contributed by atoms with Crippen LogP contribution < -0.4 is 16.4 Å². The van der Waals surface area contributed by atoms with E-state index in [1.807, 2.05) is 42.5 Å². The molecule has 0 radical (unpaired) electrons. The maximum atomic E-state index is 12.6. The number of carbonyl (C=O) groups excluding carboxylic acids is 3. The highest BCUT2D eigenvalue weighted by molar-refractivity contribution is 8.00. The summed E-state index contributed by atoms with van der Waals surface area (Å²) in [5.74, 6) is -0.270. The number of rotatable bonds is 9. The van der Waals surface area contributed by atoms with Gasteiger partial charge in [-0.15, -0.1) is 11.8 Å². The minimum atomic E-state index is -0.374. The molecule has 3 rings (SSSR count). The van der Waals surface area contributed by atoms with Gasteiger partial charge in [0.25, 0.3) is 5.91 Å². The van der Waals surface area contributed by atoms with Gasteiger partial charge in [0.2, 0.25) is 11.8 Å². The van der Waals surface area contributed by atoms with Crippen molar-refractivity contribution in [2.24, 2.45) is 5.73 Å². The molecular weight excluding hydrogens is 374 g/mol. The second-order valence-electron chi connectivity index (χ2n) is 6.77. The largest absolute Gasteiger partial charge is 0.369 e. The number of amides is 3. The zero-order chi connectivity index (χ0) is 19.9. The van der Waals surface area contributed by atoms with Gasteiger partial charge in [-0.05, 0) is 36.1 Å². The van der Waals surface area contributed by atoms with Crippen molar-refractivity contribution in [1.29, 1.82) is 0 Å². The van der Waals surface area contributed by atoms with E-state index < -0.39 is 0 Å². The van der Waals surface area contributed by atoms with Gasteiger partial charge < -0.3 is 16.4 Å². The predicted molar refractivity (Wildman–Crippen MR) is 109 cm³/mol. The summed E-state index contributed by atoms with van der Waals surface area (Å²) < 4.78 is 0. The SMILES string of the molecule is NC(=O)Cc1ccc(CNC(=O)c2ccccc2SCC(=O)NC2CC2)cc1.